The molecule has 0 bridgehead atoms. The van der Waals surface area contributed by atoms with E-state index in [1.165, 1.54) is 10.3 Å². The first-order valence-electron chi connectivity index (χ1n) is 6.42. The Balaban J connectivity index is 2.02. The fourth-order valence-corrected chi connectivity index (χ4v) is 2.75. The molecule has 0 saturated carbocycles. The van der Waals surface area contributed by atoms with Gasteiger partial charge in [-0.1, -0.05) is 31.3 Å². The maximum atomic E-state index is 10.4. The summed E-state index contributed by atoms with van der Waals surface area (Å²) in [5, 5.41) is 12.6. The van der Waals surface area contributed by atoms with Crippen molar-refractivity contribution in [1.82, 2.24) is 4.98 Å². The number of anilines is 1. The molecule has 0 radical (unpaired) electrons. The molecule has 19 heavy (non-hydrogen) atoms. The molecule has 2 rings (SSSR count). The summed E-state index contributed by atoms with van der Waals surface area (Å²) in [6.07, 6.45) is 0.803. The Morgan fingerprint density at radius 1 is 1.47 bits per heavy atom. The number of benzene rings is 1. The maximum Gasteiger partial charge on any atom is 0.303 e. The highest BCUT2D eigenvalue weighted by Crippen LogP contribution is 2.28. The van der Waals surface area contributed by atoms with Gasteiger partial charge in [0, 0.05) is 13.0 Å². The van der Waals surface area contributed by atoms with Crippen molar-refractivity contribution < 1.29 is 9.90 Å². The summed E-state index contributed by atoms with van der Waals surface area (Å²) in [5.74, 6) is -0.244. The third kappa shape index (κ3) is 3.67. The monoisotopic (exact) mass is 278 g/mol. The van der Waals surface area contributed by atoms with Gasteiger partial charge < -0.3 is 10.4 Å². The predicted octanol–water partition coefficient (Wildman–Crippen LogP) is 3.70. The number of carbonyl (C=O) groups is 1. The van der Waals surface area contributed by atoms with Gasteiger partial charge in [-0.25, -0.2) is 4.98 Å². The number of aromatic nitrogens is 1. The summed E-state index contributed by atoms with van der Waals surface area (Å²) < 4.78 is 1.17. The average molecular weight is 278 g/mol. The Morgan fingerprint density at radius 3 is 2.95 bits per heavy atom. The van der Waals surface area contributed by atoms with Crippen molar-refractivity contribution in [1.29, 1.82) is 0 Å². The molecule has 0 unspecified atom stereocenters. The fourth-order valence-electron chi connectivity index (χ4n) is 1.81. The molecule has 1 aromatic heterocycles. The smallest absolute Gasteiger partial charge is 0.303 e. The molecule has 0 aliphatic rings. The number of rotatable bonds is 6. The minimum atomic E-state index is -0.757. The summed E-state index contributed by atoms with van der Waals surface area (Å²) in [5.41, 5.74) is 2.31. The van der Waals surface area contributed by atoms with Gasteiger partial charge in [0.15, 0.2) is 5.13 Å². The highest BCUT2D eigenvalue weighted by atomic mass is 32.1. The van der Waals surface area contributed by atoms with Gasteiger partial charge in [-0.2, -0.15) is 0 Å². The lowest BCUT2D eigenvalue weighted by atomic mass is 10.0. The van der Waals surface area contributed by atoms with Crippen molar-refractivity contribution in [3.05, 3.63) is 23.8 Å². The molecule has 0 aliphatic heterocycles. The molecule has 5 heteroatoms. The lowest BCUT2D eigenvalue weighted by molar-refractivity contribution is -0.137. The van der Waals surface area contributed by atoms with Crippen LogP contribution >= 0.6 is 11.3 Å². The normalized spacial score (nSPS) is 11.1. The van der Waals surface area contributed by atoms with Gasteiger partial charge in [-0.15, -0.1) is 0 Å². The van der Waals surface area contributed by atoms with Gasteiger partial charge in [0.25, 0.3) is 0 Å². The first-order valence-corrected chi connectivity index (χ1v) is 7.24. The predicted molar refractivity (Wildman–Crippen MR) is 79.1 cm³/mol. The molecule has 0 fully saturated rings. The zero-order chi connectivity index (χ0) is 13.8. The summed E-state index contributed by atoms with van der Waals surface area (Å²) in [7, 11) is 0. The molecule has 1 aromatic carbocycles. The standard InChI is InChI=1S/C14H18N2O2S/c1-9(2)10-5-6-11-12(8-10)19-14(16-11)15-7-3-4-13(17)18/h5-6,8-9H,3-4,7H2,1-2H3,(H,15,16)(H,17,18). The molecule has 2 N–H and O–H groups in total. The number of nitrogens with zero attached hydrogens (tertiary/aromatic N) is 1. The number of fused-ring (bicyclic) bond motifs is 1. The van der Waals surface area contributed by atoms with E-state index in [0.29, 0.717) is 18.9 Å². The van der Waals surface area contributed by atoms with Crippen LogP contribution in [0.2, 0.25) is 0 Å². The highest BCUT2D eigenvalue weighted by Gasteiger charge is 2.06. The Labute approximate surface area is 116 Å². The third-order valence-corrected chi connectivity index (χ3v) is 3.90. The number of carboxylic acid groups (broad SMARTS) is 1. The third-order valence-electron chi connectivity index (χ3n) is 2.92. The van der Waals surface area contributed by atoms with E-state index in [1.807, 2.05) is 6.07 Å². The fraction of sp³-hybridized carbons (Fsp3) is 0.429. The summed E-state index contributed by atoms with van der Waals surface area (Å²) in [6.45, 7) is 4.99. The molecule has 0 spiro atoms. The second kappa shape index (κ2) is 6.02. The van der Waals surface area contributed by atoms with Crippen LogP contribution in [0.4, 0.5) is 5.13 Å². The van der Waals surface area contributed by atoms with Crippen molar-refractivity contribution in [3.8, 4) is 0 Å². The van der Waals surface area contributed by atoms with E-state index in [0.717, 1.165) is 10.6 Å². The second-order valence-corrected chi connectivity index (χ2v) is 5.86. The largest absolute Gasteiger partial charge is 0.481 e. The zero-order valence-corrected chi connectivity index (χ0v) is 12.0. The van der Waals surface area contributed by atoms with E-state index in [9.17, 15) is 4.79 Å². The second-order valence-electron chi connectivity index (χ2n) is 4.82. The van der Waals surface area contributed by atoms with Gasteiger partial charge in [-0.3, -0.25) is 4.79 Å². The summed E-state index contributed by atoms with van der Waals surface area (Å²) in [6, 6.07) is 6.34. The number of thiazole rings is 1. The lowest BCUT2D eigenvalue weighted by Gasteiger charge is -2.03. The molecular weight excluding hydrogens is 260 g/mol. The Kier molecular flexibility index (Phi) is 4.37. The number of carboxylic acids is 1. The van der Waals surface area contributed by atoms with Crippen molar-refractivity contribution in [2.45, 2.75) is 32.6 Å². The van der Waals surface area contributed by atoms with E-state index < -0.39 is 5.97 Å². The van der Waals surface area contributed by atoms with Crippen molar-refractivity contribution in [2.24, 2.45) is 0 Å². The minimum Gasteiger partial charge on any atom is -0.481 e. The number of nitrogens with one attached hydrogen (secondary N) is 1. The summed E-state index contributed by atoms with van der Waals surface area (Å²) >= 11 is 1.62. The molecule has 4 nitrogen and oxygen atoms in total. The van der Waals surface area contributed by atoms with Gasteiger partial charge in [-0.05, 0) is 30.0 Å². The molecule has 0 amide bonds. The minimum absolute atomic E-state index is 0.190. The molecule has 0 atom stereocenters. The Bertz CT molecular complexity index is 578. The highest BCUT2D eigenvalue weighted by molar-refractivity contribution is 7.22. The van der Waals surface area contributed by atoms with Gasteiger partial charge in [0.2, 0.25) is 0 Å². The number of hydrogen-bond acceptors (Lipinski definition) is 4. The van der Waals surface area contributed by atoms with Gasteiger partial charge in [0.1, 0.15) is 0 Å². The van der Waals surface area contributed by atoms with E-state index in [-0.39, 0.29) is 6.42 Å². The zero-order valence-electron chi connectivity index (χ0n) is 11.1. The maximum absolute atomic E-state index is 10.4. The molecule has 102 valence electrons. The Hall–Kier alpha value is -1.62. The van der Waals surface area contributed by atoms with Crippen LogP contribution in [0.1, 0.15) is 38.2 Å². The quantitative estimate of drug-likeness (QED) is 0.791. The Morgan fingerprint density at radius 2 is 2.26 bits per heavy atom. The van der Waals surface area contributed by atoms with Crippen LogP contribution in [0.25, 0.3) is 10.2 Å². The molecule has 2 aromatic rings. The SMILES string of the molecule is CC(C)c1ccc2nc(NCCCC(=O)O)sc2c1. The average Bonchev–Trinajstić information content (AvgIpc) is 2.75. The molecule has 1 heterocycles. The first kappa shape index (κ1) is 13.8. The van der Waals surface area contributed by atoms with E-state index in [1.54, 1.807) is 11.3 Å². The van der Waals surface area contributed by atoms with Crippen molar-refractivity contribution in [3.63, 3.8) is 0 Å². The molecule has 0 aliphatic carbocycles. The van der Waals surface area contributed by atoms with Gasteiger partial charge in [0.05, 0.1) is 10.2 Å². The summed E-state index contributed by atoms with van der Waals surface area (Å²) in [4.78, 5) is 14.9. The topological polar surface area (TPSA) is 62.2 Å². The van der Waals surface area contributed by atoms with Crippen molar-refractivity contribution in [2.75, 3.05) is 11.9 Å². The van der Waals surface area contributed by atoms with E-state index in [4.69, 9.17) is 5.11 Å². The lowest BCUT2D eigenvalue weighted by Crippen LogP contribution is -2.04. The van der Waals surface area contributed by atoms with E-state index >= 15 is 0 Å². The van der Waals surface area contributed by atoms with Crippen LogP contribution in [0, 0.1) is 0 Å². The van der Waals surface area contributed by atoms with Crippen molar-refractivity contribution >= 4 is 32.7 Å². The van der Waals surface area contributed by atoms with E-state index in [2.05, 4.69) is 36.3 Å². The molecule has 0 saturated heterocycles. The van der Waals surface area contributed by atoms with Crippen LogP contribution in [0.15, 0.2) is 18.2 Å². The first-order chi connectivity index (χ1) is 9.06. The van der Waals surface area contributed by atoms with Crippen LogP contribution in [-0.2, 0) is 4.79 Å². The number of hydrogen-bond donors (Lipinski definition) is 2. The van der Waals surface area contributed by atoms with Gasteiger partial charge >= 0.3 is 5.97 Å². The van der Waals surface area contributed by atoms with Crippen LogP contribution < -0.4 is 5.32 Å². The van der Waals surface area contributed by atoms with Crippen LogP contribution in [-0.4, -0.2) is 22.6 Å². The van der Waals surface area contributed by atoms with Crippen LogP contribution in [0.3, 0.4) is 0 Å². The molecular formula is C14H18N2O2S. The number of aliphatic carboxylic acids is 1. The van der Waals surface area contributed by atoms with Crippen LogP contribution in [0.5, 0.6) is 0 Å².